The number of hydrogen-bond donors (Lipinski definition) is 3. The number of nitrogens with one attached hydrogen (secondary N) is 2. The lowest BCUT2D eigenvalue weighted by molar-refractivity contribution is 0.316. The third-order valence-corrected chi connectivity index (χ3v) is 3.43. The highest BCUT2D eigenvalue weighted by Gasteiger charge is 2.12. The van der Waals surface area contributed by atoms with Gasteiger partial charge >= 0.3 is 0 Å². The van der Waals surface area contributed by atoms with Crippen LogP contribution >= 0.6 is 0 Å². The van der Waals surface area contributed by atoms with Gasteiger partial charge in [0, 0.05) is 24.6 Å². The molecule has 0 saturated heterocycles. The first-order chi connectivity index (χ1) is 9.53. The summed E-state index contributed by atoms with van der Waals surface area (Å²) in [6.45, 7) is 14.5. The molecule has 1 aromatic rings. The van der Waals surface area contributed by atoms with E-state index in [4.69, 9.17) is 5.84 Å². The predicted molar refractivity (Wildman–Crippen MR) is 84.9 cm³/mol. The molecule has 0 spiro atoms. The monoisotopic (exact) mass is 280 g/mol. The number of hydrogen-bond acceptors (Lipinski definition) is 6. The number of nitrogens with two attached hydrogens (primary N) is 1. The first-order valence-electron chi connectivity index (χ1n) is 7.34. The average Bonchev–Trinajstić information content (AvgIpc) is 2.44. The van der Waals surface area contributed by atoms with E-state index in [1.54, 1.807) is 0 Å². The van der Waals surface area contributed by atoms with Crippen LogP contribution in [-0.4, -0.2) is 41.0 Å². The van der Waals surface area contributed by atoms with Crippen LogP contribution in [0.1, 0.15) is 45.0 Å². The maximum atomic E-state index is 5.53. The van der Waals surface area contributed by atoms with E-state index in [0.717, 1.165) is 43.4 Å². The summed E-state index contributed by atoms with van der Waals surface area (Å²) in [5.41, 5.74) is 3.61. The van der Waals surface area contributed by atoms with Crippen LogP contribution in [0.5, 0.6) is 0 Å². The van der Waals surface area contributed by atoms with Crippen LogP contribution < -0.4 is 16.6 Å². The largest absolute Gasteiger partial charge is 0.368 e. The zero-order valence-electron chi connectivity index (χ0n) is 13.3. The van der Waals surface area contributed by atoms with Crippen LogP contribution in [0.15, 0.2) is 0 Å². The van der Waals surface area contributed by atoms with Gasteiger partial charge in [-0.15, -0.1) is 0 Å². The van der Waals surface area contributed by atoms with Crippen LogP contribution in [0.3, 0.4) is 0 Å². The second-order valence-corrected chi connectivity index (χ2v) is 5.16. The molecule has 114 valence electrons. The molecule has 20 heavy (non-hydrogen) atoms. The van der Waals surface area contributed by atoms with Gasteiger partial charge in [0.25, 0.3) is 0 Å². The van der Waals surface area contributed by atoms with Crippen LogP contribution in [0, 0.1) is 6.92 Å². The van der Waals surface area contributed by atoms with Crippen molar-refractivity contribution in [2.75, 3.05) is 36.9 Å². The Kier molecular flexibility index (Phi) is 6.67. The summed E-state index contributed by atoms with van der Waals surface area (Å²) in [6.07, 6.45) is 0. The van der Waals surface area contributed by atoms with Gasteiger partial charge in [-0.05, 0) is 20.0 Å². The summed E-state index contributed by atoms with van der Waals surface area (Å²) in [5, 5.41) is 3.39. The molecular formula is C14H28N6. The van der Waals surface area contributed by atoms with Crippen molar-refractivity contribution >= 4 is 11.6 Å². The van der Waals surface area contributed by atoms with Crippen molar-refractivity contribution in [1.82, 2.24) is 14.9 Å². The van der Waals surface area contributed by atoms with Crippen molar-refractivity contribution in [2.24, 2.45) is 5.84 Å². The van der Waals surface area contributed by atoms with Crippen molar-refractivity contribution in [3.05, 3.63) is 11.4 Å². The molecule has 0 aromatic carbocycles. The summed E-state index contributed by atoms with van der Waals surface area (Å²) in [6, 6.07) is 0. The molecule has 0 atom stereocenters. The summed E-state index contributed by atoms with van der Waals surface area (Å²) in [5.74, 6) is 8.16. The Morgan fingerprint density at radius 2 is 1.75 bits per heavy atom. The average molecular weight is 280 g/mol. The van der Waals surface area contributed by atoms with Gasteiger partial charge in [-0.3, -0.25) is 0 Å². The molecule has 0 bridgehead atoms. The number of nitrogens with zero attached hydrogens (tertiary/aromatic N) is 3. The first-order valence-corrected chi connectivity index (χ1v) is 7.34. The fourth-order valence-corrected chi connectivity index (χ4v) is 1.98. The van der Waals surface area contributed by atoms with Crippen LogP contribution in [-0.2, 0) is 0 Å². The maximum Gasteiger partial charge on any atom is 0.148 e. The molecule has 1 heterocycles. The highest BCUT2D eigenvalue weighted by atomic mass is 15.3. The topological polar surface area (TPSA) is 79.1 Å². The van der Waals surface area contributed by atoms with E-state index in [1.165, 1.54) is 0 Å². The van der Waals surface area contributed by atoms with Crippen molar-refractivity contribution in [3.63, 3.8) is 0 Å². The maximum absolute atomic E-state index is 5.53. The Bertz CT molecular complexity index is 414. The minimum atomic E-state index is 0.269. The summed E-state index contributed by atoms with van der Waals surface area (Å²) in [4.78, 5) is 11.4. The lowest BCUT2D eigenvalue weighted by atomic mass is 10.2. The molecule has 6 nitrogen and oxygen atoms in total. The predicted octanol–water partition coefficient (Wildman–Crippen LogP) is 1.95. The van der Waals surface area contributed by atoms with Gasteiger partial charge in [-0.25, -0.2) is 15.8 Å². The summed E-state index contributed by atoms with van der Waals surface area (Å²) in [7, 11) is 0. The molecule has 1 rings (SSSR count). The Balaban J connectivity index is 2.80. The number of rotatable bonds is 8. The SMILES string of the molecule is CCN(CC)CCNc1nc(C(C)C)nc(NN)c1C. The Morgan fingerprint density at radius 1 is 1.15 bits per heavy atom. The van der Waals surface area contributed by atoms with Crippen molar-refractivity contribution in [2.45, 2.75) is 40.5 Å². The smallest absolute Gasteiger partial charge is 0.148 e. The molecule has 6 heteroatoms. The molecule has 0 fully saturated rings. The van der Waals surface area contributed by atoms with E-state index >= 15 is 0 Å². The highest BCUT2D eigenvalue weighted by Crippen LogP contribution is 2.22. The molecule has 0 aliphatic heterocycles. The van der Waals surface area contributed by atoms with Gasteiger partial charge in [0.2, 0.25) is 0 Å². The molecule has 4 N–H and O–H groups in total. The van der Waals surface area contributed by atoms with Crippen molar-refractivity contribution in [3.8, 4) is 0 Å². The zero-order chi connectivity index (χ0) is 15.1. The third kappa shape index (κ3) is 4.31. The van der Waals surface area contributed by atoms with E-state index in [9.17, 15) is 0 Å². The van der Waals surface area contributed by atoms with Crippen LogP contribution in [0.4, 0.5) is 11.6 Å². The van der Waals surface area contributed by atoms with E-state index in [2.05, 4.69) is 53.3 Å². The molecular weight excluding hydrogens is 252 g/mol. The highest BCUT2D eigenvalue weighted by molar-refractivity contribution is 5.56. The second kappa shape index (κ2) is 8.01. The fourth-order valence-electron chi connectivity index (χ4n) is 1.98. The Labute approximate surface area is 122 Å². The molecule has 0 aliphatic carbocycles. The van der Waals surface area contributed by atoms with E-state index in [1.807, 2.05) is 6.92 Å². The molecule has 0 saturated carbocycles. The summed E-state index contributed by atoms with van der Waals surface area (Å²) < 4.78 is 0. The minimum absolute atomic E-state index is 0.269. The normalized spacial score (nSPS) is 11.2. The van der Waals surface area contributed by atoms with E-state index in [0.29, 0.717) is 5.82 Å². The number of likely N-dealkylation sites (N-methyl/N-ethyl adjacent to an activating group) is 1. The standard InChI is InChI=1S/C14H28N6/c1-6-20(7-2)9-8-16-13-11(5)14(19-15)18-12(17-13)10(3)4/h10H,6-9,15H2,1-5H3,(H2,16,17,18,19). The van der Waals surface area contributed by atoms with Crippen LogP contribution in [0.2, 0.25) is 0 Å². The fraction of sp³-hybridized carbons (Fsp3) is 0.714. The van der Waals surface area contributed by atoms with Crippen molar-refractivity contribution in [1.29, 1.82) is 0 Å². The number of aromatic nitrogens is 2. The van der Waals surface area contributed by atoms with E-state index in [-0.39, 0.29) is 5.92 Å². The lowest BCUT2D eigenvalue weighted by Crippen LogP contribution is -2.29. The molecule has 1 aromatic heterocycles. The van der Waals surface area contributed by atoms with Crippen molar-refractivity contribution < 1.29 is 0 Å². The minimum Gasteiger partial charge on any atom is -0.368 e. The van der Waals surface area contributed by atoms with Gasteiger partial charge < -0.3 is 15.6 Å². The van der Waals surface area contributed by atoms with Gasteiger partial charge in [0.05, 0.1) is 0 Å². The molecule has 0 aliphatic rings. The van der Waals surface area contributed by atoms with Gasteiger partial charge in [0.1, 0.15) is 17.5 Å². The third-order valence-electron chi connectivity index (χ3n) is 3.43. The number of anilines is 2. The van der Waals surface area contributed by atoms with Gasteiger partial charge in [0.15, 0.2) is 0 Å². The van der Waals surface area contributed by atoms with Gasteiger partial charge in [-0.1, -0.05) is 27.7 Å². The molecule has 0 amide bonds. The van der Waals surface area contributed by atoms with E-state index < -0.39 is 0 Å². The lowest BCUT2D eigenvalue weighted by Gasteiger charge is -2.19. The molecule has 0 unspecified atom stereocenters. The first kappa shape index (κ1) is 16.7. The number of hydrazine groups is 1. The van der Waals surface area contributed by atoms with Gasteiger partial charge in [-0.2, -0.15) is 0 Å². The Morgan fingerprint density at radius 3 is 2.25 bits per heavy atom. The molecule has 0 radical (unpaired) electrons. The quantitative estimate of drug-likeness (QED) is 0.499. The Hall–Kier alpha value is -1.40. The second-order valence-electron chi connectivity index (χ2n) is 5.16. The zero-order valence-corrected chi connectivity index (χ0v) is 13.3. The number of nitrogen functional groups attached to an aromatic ring is 1. The summed E-state index contributed by atoms with van der Waals surface area (Å²) >= 11 is 0. The van der Waals surface area contributed by atoms with Crippen LogP contribution in [0.25, 0.3) is 0 Å².